The molecule has 0 radical (unpaired) electrons. The number of likely N-dealkylation sites (N-methyl/N-ethyl adjacent to an activating group) is 1. The molecular weight excluding hydrogens is 438 g/mol. The number of sulfonamides is 1. The second-order valence-electron chi connectivity index (χ2n) is 10.1. The van der Waals surface area contributed by atoms with Crippen molar-refractivity contribution in [2.75, 3.05) is 18.5 Å². The summed E-state index contributed by atoms with van der Waals surface area (Å²) >= 11 is 0. The summed E-state index contributed by atoms with van der Waals surface area (Å²) in [5, 5.41) is 3.04. The van der Waals surface area contributed by atoms with Crippen LogP contribution in [0.5, 0.6) is 0 Å². The number of carbonyl (C=O) groups is 2. The molecule has 2 aliphatic carbocycles. The molecule has 1 aromatic carbocycles. The van der Waals surface area contributed by atoms with E-state index < -0.39 is 10.0 Å². The Morgan fingerprint density at radius 2 is 1.70 bits per heavy atom. The zero-order valence-corrected chi connectivity index (χ0v) is 20.7. The molecule has 1 aliphatic heterocycles. The van der Waals surface area contributed by atoms with Crippen LogP contribution in [-0.4, -0.2) is 50.2 Å². The highest BCUT2D eigenvalue weighted by molar-refractivity contribution is 7.89. The normalized spacial score (nSPS) is 22.4. The summed E-state index contributed by atoms with van der Waals surface area (Å²) in [6.07, 6.45) is 11.4. The lowest BCUT2D eigenvalue weighted by Crippen LogP contribution is -2.43. The lowest BCUT2D eigenvalue weighted by molar-refractivity contribution is -0.125. The second kappa shape index (κ2) is 10.1. The van der Waals surface area contributed by atoms with Gasteiger partial charge < -0.3 is 10.2 Å². The molecule has 0 saturated heterocycles. The van der Waals surface area contributed by atoms with Crippen LogP contribution in [0.15, 0.2) is 23.1 Å². The first-order valence-electron chi connectivity index (χ1n) is 12.5. The van der Waals surface area contributed by atoms with Crippen molar-refractivity contribution >= 4 is 27.5 Å². The number of hydrogen-bond donors (Lipinski definition) is 1. The number of fused-ring (bicyclic) bond motifs is 1. The van der Waals surface area contributed by atoms with Crippen molar-refractivity contribution in [1.82, 2.24) is 9.62 Å². The Kier molecular flexibility index (Phi) is 7.43. The maximum Gasteiger partial charge on any atom is 0.243 e. The molecule has 2 saturated carbocycles. The molecule has 1 N–H and O–H groups in total. The third-order valence-corrected chi connectivity index (χ3v) is 9.30. The maximum atomic E-state index is 13.2. The van der Waals surface area contributed by atoms with Crippen LogP contribution in [0, 0.1) is 5.92 Å². The van der Waals surface area contributed by atoms with Crippen LogP contribution < -0.4 is 10.2 Å². The van der Waals surface area contributed by atoms with Crippen molar-refractivity contribution in [3.8, 4) is 0 Å². The summed E-state index contributed by atoms with van der Waals surface area (Å²) in [5.41, 5.74) is 1.70. The fraction of sp³-hybridized carbons (Fsp3) is 0.680. The van der Waals surface area contributed by atoms with E-state index in [2.05, 4.69) is 5.32 Å². The van der Waals surface area contributed by atoms with Crippen molar-refractivity contribution in [2.45, 2.75) is 94.5 Å². The van der Waals surface area contributed by atoms with Crippen molar-refractivity contribution in [3.63, 3.8) is 0 Å². The molecule has 3 aliphatic rings. The van der Waals surface area contributed by atoms with Gasteiger partial charge >= 0.3 is 0 Å². The van der Waals surface area contributed by atoms with E-state index in [4.69, 9.17) is 0 Å². The van der Waals surface area contributed by atoms with Gasteiger partial charge in [0.15, 0.2) is 0 Å². The second-order valence-corrected chi connectivity index (χ2v) is 12.1. The van der Waals surface area contributed by atoms with Crippen LogP contribution in [0.1, 0.15) is 76.7 Å². The minimum absolute atomic E-state index is 0.0262. The predicted molar refractivity (Wildman–Crippen MR) is 129 cm³/mol. The molecule has 2 amide bonds. The van der Waals surface area contributed by atoms with E-state index >= 15 is 0 Å². The lowest BCUT2D eigenvalue weighted by atomic mass is 9.84. The highest BCUT2D eigenvalue weighted by Gasteiger charge is 2.37. The molecule has 8 heteroatoms. The molecule has 0 bridgehead atoms. The summed E-state index contributed by atoms with van der Waals surface area (Å²) in [5.74, 6) is 0.00843. The number of carbonyl (C=O) groups excluding carboxylic acids is 2. The summed E-state index contributed by atoms with van der Waals surface area (Å²) in [6.45, 7) is 1.81. The lowest BCUT2D eigenvalue weighted by Gasteiger charge is -2.32. The monoisotopic (exact) mass is 475 g/mol. The molecule has 0 aromatic heterocycles. The predicted octanol–water partition coefficient (Wildman–Crippen LogP) is 3.61. The molecule has 0 unspecified atom stereocenters. The van der Waals surface area contributed by atoms with Crippen LogP contribution in [0.25, 0.3) is 0 Å². The summed E-state index contributed by atoms with van der Waals surface area (Å²) < 4.78 is 27.5. The van der Waals surface area contributed by atoms with E-state index in [1.807, 2.05) is 11.8 Å². The molecule has 4 rings (SSSR count). The van der Waals surface area contributed by atoms with Crippen LogP contribution in [-0.2, 0) is 26.0 Å². The van der Waals surface area contributed by atoms with Crippen LogP contribution in [0.4, 0.5) is 5.69 Å². The standard InChI is InChI=1S/C25H37N3O4S/c1-18-15-20-16-22(13-14-23(20)28(18)25(30)19-9-8-10-19)33(31,32)27(2)17-24(29)26-21-11-6-4-3-5-7-12-21/h13-14,16,18-19,21H,3-12,15,17H2,1-2H3,(H,26,29)/t18-/m0/s1. The van der Waals surface area contributed by atoms with Gasteiger partial charge in [-0.2, -0.15) is 4.31 Å². The Labute approximate surface area is 198 Å². The Balaban J connectivity index is 1.42. The zero-order valence-electron chi connectivity index (χ0n) is 19.9. The highest BCUT2D eigenvalue weighted by atomic mass is 32.2. The first-order chi connectivity index (χ1) is 15.8. The van der Waals surface area contributed by atoms with Gasteiger partial charge in [-0.1, -0.05) is 38.5 Å². The van der Waals surface area contributed by atoms with Gasteiger partial charge in [-0.25, -0.2) is 8.42 Å². The van der Waals surface area contributed by atoms with E-state index in [-0.39, 0.29) is 41.3 Å². The molecule has 0 spiro atoms. The first-order valence-corrected chi connectivity index (χ1v) is 13.9. The first kappa shape index (κ1) is 24.2. The quantitative estimate of drug-likeness (QED) is 0.681. The van der Waals surface area contributed by atoms with Crippen LogP contribution >= 0.6 is 0 Å². The number of nitrogens with one attached hydrogen (secondary N) is 1. The minimum atomic E-state index is -3.81. The van der Waals surface area contributed by atoms with E-state index in [0.717, 1.165) is 60.5 Å². The Bertz CT molecular complexity index is 981. The Morgan fingerprint density at radius 1 is 1.03 bits per heavy atom. The molecular formula is C25H37N3O4S. The van der Waals surface area contributed by atoms with E-state index in [9.17, 15) is 18.0 Å². The smallest absolute Gasteiger partial charge is 0.243 e. The average Bonchev–Trinajstić information content (AvgIpc) is 3.03. The van der Waals surface area contributed by atoms with Gasteiger partial charge in [0.1, 0.15) is 0 Å². The molecule has 1 atom stereocenters. The SMILES string of the molecule is C[C@H]1Cc2cc(S(=O)(=O)N(C)CC(=O)NC3CCCCCCC3)ccc2N1C(=O)C1CCC1. The molecule has 1 heterocycles. The van der Waals surface area contributed by atoms with Gasteiger partial charge in [-0.05, 0) is 62.8 Å². The van der Waals surface area contributed by atoms with Gasteiger partial charge in [-0.3, -0.25) is 9.59 Å². The van der Waals surface area contributed by atoms with Gasteiger partial charge in [-0.15, -0.1) is 0 Å². The van der Waals surface area contributed by atoms with Gasteiger partial charge in [0.2, 0.25) is 21.8 Å². The largest absolute Gasteiger partial charge is 0.352 e. The van der Waals surface area contributed by atoms with E-state index in [1.54, 1.807) is 18.2 Å². The number of rotatable bonds is 6. The number of anilines is 1. The molecule has 7 nitrogen and oxygen atoms in total. The molecule has 33 heavy (non-hydrogen) atoms. The van der Waals surface area contributed by atoms with Crippen molar-refractivity contribution in [3.05, 3.63) is 23.8 Å². The van der Waals surface area contributed by atoms with Crippen LogP contribution in [0.2, 0.25) is 0 Å². The Hall–Kier alpha value is -1.93. The van der Waals surface area contributed by atoms with Gasteiger partial charge in [0, 0.05) is 30.7 Å². The summed E-state index contributed by atoms with van der Waals surface area (Å²) in [6, 6.07) is 5.16. The van der Waals surface area contributed by atoms with E-state index in [1.165, 1.54) is 26.3 Å². The molecule has 182 valence electrons. The van der Waals surface area contributed by atoms with Crippen molar-refractivity contribution in [2.24, 2.45) is 5.92 Å². The fourth-order valence-corrected chi connectivity index (χ4v) is 6.47. The molecule has 1 aromatic rings. The third kappa shape index (κ3) is 5.27. The van der Waals surface area contributed by atoms with Crippen LogP contribution in [0.3, 0.4) is 0 Å². The number of benzene rings is 1. The minimum Gasteiger partial charge on any atom is -0.352 e. The summed E-state index contributed by atoms with van der Waals surface area (Å²) in [7, 11) is -2.35. The Morgan fingerprint density at radius 3 is 2.33 bits per heavy atom. The highest BCUT2D eigenvalue weighted by Crippen LogP contribution is 2.38. The topological polar surface area (TPSA) is 86.8 Å². The van der Waals surface area contributed by atoms with Gasteiger partial charge in [0.05, 0.1) is 11.4 Å². The van der Waals surface area contributed by atoms with Crippen molar-refractivity contribution in [1.29, 1.82) is 0 Å². The zero-order chi connectivity index (χ0) is 23.6. The summed E-state index contributed by atoms with van der Waals surface area (Å²) in [4.78, 5) is 27.5. The maximum absolute atomic E-state index is 13.2. The number of nitrogens with zero attached hydrogens (tertiary/aromatic N) is 2. The third-order valence-electron chi connectivity index (χ3n) is 7.50. The average molecular weight is 476 g/mol. The van der Waals surface area contributed by atoms with E-state index in [0.29, 0.717) is 6.42 Å². The number of hydrogen-bond acceptors (Lipinski definition) is 4. The molecule has 2 fully saturated rings. The van der Waals surface area contributed by atoms with Gasteiger partial charge in [0.25, 0.3) is 0 Å². The number of amides is 2. The van der Waals surface area contributed by atoms with Crippen molar-refractivity contribution < 1.29 is 18.0 Å². The fourth-order valence-electron chi connectivity index (χ4n) is 5.30.